The highest BCUT2D eigenvalue weighted by molar-refractivity contribution is 7.99. The standard InChI is InChI=1S/C10H15N7OS/c1-7(2-5-18)19-10-14-8(16-11)13-9(15-10)17-4-3-12-6-17/h3-4,6-7,18H,2,5,11H2,1H3,(H,13,14,15,16). The predicted molar refractivity (Wildman–Crippen MR) is 71.8 cm³/mol. The Morgan fingerprint density at radius 1 is 1.47 bits per heavy atom. The molecule has 0 amide bonds. The van der Waals surface area contributed by atoms with E-state index in [0.29, 0.717) is 17.5 Å². The molecule has 1 atom stereocenters. The Bertz CT molecular complexity index is 519. The van der Waals surface area contributed by atoms with Gasteiger partial charge in [0.2, 0.25) is 11.9 Å². The maximum absolute atomic E-state index is 8.91. The van der Waals surface area contributed by atoms with Gasteiger partial charge in [0.05, 0.1) is 0 Å². The van der Waals surface area contributed by atoms with E-state index >= 15 is 0 Å². The summed E-state index contributed by atoms with van der Waals surface area (Å²) in [5.41, 5.74) is 2.42. The number of aliphatic hydroxyl groups excluding tert-OH is 1. The van der Waals surface area contributed by atoms with Crippen LogP contribution in [-0.2, 0) is 0 Å². The van der Waals surface area contributed by atoms with E-state index in [0.717, 1.165) is 0 Å². The third-order valence-electron chi connectivity index (χ3n) is 2.31. The Morgan fingerprint density at radius 2 is 2.32 bits per heavy atom. The minimum absolute atomic E-state index is 0.135. The molecule has 0 radical (unpaired) electrons. The van der Waals surface area contributed by atoms with Crippen LogP contribution in [0, 0.1) is 0 Å². The van der Waals surface area contributed by atoms with Gasteiger partial charge in [0.25, 0.3) is 0 Å². The van der Waals surface area contributed by atoms with Crippen LogP contribution in [0.2, 0.25) is 0 Å². The second kappa shape index (κ2) is 6.45. The van der Waals surface area contributed by atoms with Crippen molar-refractivity contribution in [3.05, 3.63) is 18.7 Å². The lowest BCUT2D eigenvalue weighted by atomic mass is 10.4. The molecule has 102 valence electrons. The van der Waals surface area contributed by atoms with Gasteiger partial charge in [-0.2, -0.15) is 15.0 Å². The number of aromatic nitrogens is 5. The minimum Gasteiger partial charge on any atom is -0.396 e. The van der Waals surface area contributed by atoms with Crippen molar-refractivity contribution in [1.82, 2.24) is 24.5 Å². The Kier molecular flexibility index (Phi) is 4.66. The van der Waals surface area contributed by atoms with Crippen molar-refractivity contribution in [2.75, 3.05) is 12.0 Å². The zero-order chi connectivity index (χ0) is 13.7. The van der Waals surface area contributed by atoms with Crippen molar-refractivity contribution in [3.8, 4) is 5.95 Å². The number of nitrogens with two attached hydrogens (primary N) is 1. The summed E-state index contributed by atoms with van der Waals surface area (Å²) in [5, 5.41) is 9.66. The molecule has 19 heavy (non-hydrogen) atoms. The molecule has 0 saturated carbocycles. The highest BCUT2D eigenvalue weighted by Gasteiger charge is 2.11. The van der Waals surface area contributed by atoms with Crippen LogP contribution in [0.3, 0.4) is 0 Å². The summed E-state index contributed by atoms with van der Waals surface area (Å²) >= 11 is 1.46. The van der Waals surface area contributed by atoms with Gasteiger partial charge in [-0.25, -0.2) is 10.8 Å². The van der Waals surface area contributed by atoms with Crippen LogP contribution in [0.4, 0.5) is 5.95 Å². The predicted octanol–water partition coefficient (Wildman–Crippen LogP) is 0.206. The topological polar surface area (TPSA) is 115 Å². The normalized spacial score (nSPS) is 12.4. The smallest absolute Gasteiger partial charge is 0.242 e. The van der Waals surface area contributed by atoms with Crippen LogP contribution in [-0.4, -0.2) is 41.5 Å². The van der Waals surface area contributed by atoms with Crippen molar-refractivity contribution < 1.29 is 5.11 Å². The van der Waals surface area contributed by atoms with Crippen molar-refractivity contribution >= 4 is 17.7 Å². The highest BCUT2D eigenvalue weighted by Crippen LogP contribution is 2.22. The van der Waals surface area contributed by atoms with E-state index in [4.69, 9.17) is 10.9 Å². The molecule has 2 heterocycles. The average molecular weight is 281 g/mol. The molecule has 9 heteroatoms. The van der Waals surface area contributed by atoms with Gasteiger partial charge in [0, 0.05) is 24.3 Å². The molecular formula is C10H15N7OS. The summed E-state index contributed by atoms with van der Waals surface area (Å²) in [6.45, 7) is 2.13. The Balaban J connectivity index is 2.26. The number of anilines is 1. The number of aliphatic hydroxyl groups is 1. The van der Waals surface area contributed by atoms with Gasteiger partial charge in [-0.15, -0.1) is 0 Å². The lowest BCUT2D eigenvalue weighted by Gasteiger charge is -2.10. The molecule has 0 aliphatic heterocycles. The number of nitrogen functional groups attached to an aromatic ring is 1. The van der Waals surface area contributed by atoms with Crippen molar-refractivity contribution in [2.24, 2.45) is 5.84 Å². The fourth-order valence-electron chi connectivity index (χ4n) is 1.38. The molecule has 0 aliphatic carbocycles. The number of imidazole rings is 1. The number of thioether (sulfide) groups is 1. The van der Waals surface area contributed by atoms with Crippen LogP contribution in [0.5, 0.6) is 0 Å². The van der Waals surface area contributed by atoms with E-state index in [1.807, 2.05) is 6.92 Å². The summed E-state index contributed by atoms with van der Waals surface area (Å²) in [5.74, 6) is 6.09. The fraction of sp³-hybridized carbons (Fsp3) is 0.400. The SMILES string of the molecule is CC(CCO)Sc1nc(NN)nc(-n2ccnc2)n1. The molecule has 8 nitrogen and oxygen atoms in total. The fourth-order valence-corrected chi connectivity index (χ4v) is 2.23. The van der Waals surface area contributed by atoms with Crippen LogP contribution in [0.15, 0.2) is 23.9 Å². The van der Waals surface area contributed by atoms with E-state index in [1.165, 1.54) is 11.8 Å². The molecule has 0 fully saturated rings. The number of hydrazine groups is 1. The monoisotopic (exact) mass is 281 g/mol. The van der Waals surface area contributed by atoms with Gasteiger partial charge in [0.1, 0.15) is 6.33 Å². The molecule has 0 aromatic carbocycles. The van der Waals surface area contributed by atoms with Crippen molar-refractivity contribution in [1.29, 1.82) is 0 Å². The lowest BCUT2D eigenvalue weighted by molar-refractivity contribution is 0.289. The summed E-state index contributed by atoms with van der Waals surface area (Å²) in [6.07, 6.45) is 5.64. The average Bonchev–Trinajstić information content (AvgIpc) is 2.92. The minimum atomic E-state index is 0.135. The zero-order valence-corrected chi connectivity index (χ0v) is 11.2. The van der Waals surface area contributed by atoms with Crippen LogP contribution < -0.4 is 11.3 Å². The number of rotatable bonds is 6. The van der Waals surface area contributed by atoms with Crippen LogP contribution in [0.25, 0.3) is 5.95 Å². The maximum Gasteiger partial charge on any atom is 0.242 e. The third-order valence-corrected chi connectivity index (χ3v) is 3.34. The van der Waals surface area contributed by atoms with Gasteiger partial charge in [-0.3, -0.25) is 9.99 Å². The molecule has 2 rings (SSSR count). The van der Waals surface area contributed by atoms with Crippen molar-refractivity contribution in [2.45, 2.75) is 23.8 Å². The summed E-state index contributed by atoms with van der Waals surface area (Å²) in [7, 11) is 0. The number of hydrogen-bond donors (Lipinski definition) is 3. The van der Waals surface area contributed by atoms with Gasteiger partial charge < -0.3 is 5.11 Å². The molecule has 0 spiro atoms. The first-order chi connectivity index (χ1) is 9.22. The van der Waals surface area contributed by atoms with Gasteiger partial charge in [0.15, 0.2) is 5.16 Å². The van der Waals surface area contributed by atoms with Gasteiger partial charge in [-0.05, 0) is 6.42 Å². The van der Waals surface area contributed by atoms with E-state index in [-0.39, 0.29) is 17.8 Å². The Morgan fingerprint density at radius 3 is 2.95 bits per heavy atom. The van der Waals surface area contributed by atoms with Crippen LogP contribution in [0.1, 0.15) is 13.3 Å². The van der Waals surface area contributed by atoms with Crippen LogP contribution >= 0.6 is 11.8 Å². The van der Waals surface area contributed by atoms with E-state index in [1.54, 1.807) is 23.3 Å². The number of nitrogens with zero attached hydrogens (tertiary/aromatic N) is 5. The van der Waals surface area contributed by atoms with E-state index in [2.05, 4.69) is 25.4 Å². The van der Waals surface area contributed by atoms with Gasteiger partial charge in [-0.1, -0.05) is 18.7 Å². The second-order valence-electron chi connectivity index (χ2n) is 3.80. The molecule has 4 N–H and O–H groups in total. The maximum atomic E-state index is 8.91. The first kappa shape index (κ1) is 13.7. The highest BCUT2D eigenvalue weighted by atomic mass is 32.2. The Hall–Kier alpha value is -1.71. The van der Waals surface area contributed by atoms with E-state index in [9.17, 15) is 0 Å². The lowest BCUT2D eigenvalue weighted by Crippen LogP contribution is -2.14. The Labute approximate surface area is 114 Å². The first-order valence-electron chi connectivity index (χ1n) is 5.71. The summed E-state index contributed by atoms with van der Waals surface area (Å²) in [6, 6.07) is 0. The molecule has 2 aromatic heterocycles. The summed E-state index contributed by atoms with van der Waals surface area (Å²) < 4.78 is 1.67. The molecule has 0 aliphatic rings. The summed E-state index contributed by atoms with van der Waals surface area (Å²) in [4.78, 5) is 16.6. The largest absolute Gasteiger partial charge is 0.396 e. The second-order valence-corrected chi connectivity index (χ2v) is 5.20. The van der Waals surface area contributed by atoms with E-state index < -0.39 is 0 Å². The molecule has 0 saturated heterocycles. The zero-order valence-electron chi connectivity index (χ0n) is 10.4. The molecule has 1 unspecified atom stereocenters. The number of nitrogens with one attached hydrogen (secondary N) is 1. The van der Waals surface area contributed by atoms with Crippen molar-refractivity contribution in [3.63, 3.8) is 0 Å². The molecular weight excluding hydrogens is 266 g/mol. The van der Waals surface area contributed by atoms with Gasteiger partial charge >= 0.3 is 0 Å². The number of hydrogen-bond acceptors (Lipinski definition) is 8. The molecule has 2 aromatic rings. The third kappa shape index (κ3) is 3.63. The quantitative estimate of drug-likeness (QED) is 0.391. The first-order valence-corrected chi connectivity index (χ1v) is 6.59. The molecule has 0 bridgehead atoms.